The van der Waals surface area contributed by atoms with Crippen LogP contribution >= 0.6 is 0 Å². The van der Waals surface area contributed by atoms with E-state index in [0.29, 0.717) is 25.8 Å². The molecule has 188 valence electrons. The van der Waals surface area contributed by atoms with Gasteiger partial charge in [-0.15, -0.1) is 0 Å². The maximum atomic E-state index is 12.4. The number of benzene rings is 2. The molecule has 3 N–H and O–H groups in total. The van der Waals surface area contributed by atoms with Crippen molar-refractivity contribution in [3.63, 3.8) is 0 Å². The fraction of sp³-hybridized carbons (Fsp3) is 0.464. The Hall–Kier alpha value is -3.35. The smallest absolute Gasteiger partial charge is 0.407 e. The molecule has 0 bridgehead atoms. The average molecular weight is 481 g/mol. The van der Waals surface area contributed by atoms with Gasteiger partial charge in [0, 0.05) is 18.9 Å². The molecule has 7 heteroatoms. The predicted octanol–water partition coefficient (Wildman–Crippen LogP) is 5.09. The minimum absolute atomic E-state index is 0.0254. The van der Waals surface area contributed by atoms with Gasteiger partial charge in [0.05, 0.1) is 0 Å². The third-order valence-electron chi connectivity index (χ3n) is 6.73. The average Bonchev–Trinajstić information content (AvgIpc) is 3.18. The van der Waals surface area contributed by atoms with Crippen molar-refractivity contribution >= 4 is 18.0 Å². The van der Waals surface area contributed by atoms with E-state index in [-0.39, 0.29) is 30.8 Å². The van der Waals surface area contributed by atoms with Crippen molar-refractivity contribution in [3.05, 3.63) is 59.7 Å². The van der Waals surface area contributed by atoms with Gasteiger partial charge in [0.25, 0.3) is 0 Å². The number of carbonyl (C=O) groups is 3. The van der Waals surface area contributed by atoms with Gasteiger partial charge in [0.15, 0.2) is 0 Å². The molecule has 0 fully saturated rings. The molecule has 0 heterocycles. The molecule has 0 aromatic heterocycles. The molecule has 1 aliphatic rings. The van der Waals surface area contributed by atoms with Gasteiger partial charge >= 0.3 is 12.1 Å². The van der Waals surface area contributed by atoms with Gasteiger partial charge in [-0.2, -0.15) is 0 Å². The minimum atomic E-state index is -1.00. The first kappa shape index (κ1) is 26.3. The highest BCUT2D eigenvalue weighted by Crippen LogP contribution is 2.44. The van der Waals surface area contributed by atoms with Crippen LogP contribution in [0.3, 0.4) is 0 Å². The summed E-state index contributed by atoms with van der Waals surface area (Å²) in [6.07, 6.45) is 3.19. The van der Waals surface area contributed by atoms with E-state index in [0.717, 1.165) is 12.8 Å². The summed E-state index contributed by atoms with van der Waals surface area (Å²) in [5, 5.41) is 14.6. The number of alkyl carbamates (subject to hydrolysis) is 1. The Balaban J connectivity index is 1.41. The number of carboxylic acid groups (broad SMARTS) is 1. The Morgan fingerprint density at radius 1 is 0.943 bits per heavy atom. The molecule has 0 aliphatic heterocycles. The van der Waals surface area contributed by atoms with Crippen molar-refractivity contribution in [2.45, 2.75) is 64.3 Å². The standard InChI is InChI=1S/C28H36N2O5/c1-3-9-25(27(32)33)30-26(31)15-14-19(4-2)16-17-29-28(34)35-18-24-22-12-7-5-10-20(22)21-11-6-8-13-23(21)24/h5-8,10-13,19,24-25H,3-4,9,14-18H2,1-2H3,(H,29,34)(H,30,31)(H,32,33)/t19?,25-/m0/s1. The second kappa shape index (κ2) is 12.9. The summed E-state index contributed by atoms with van der Waals surface area (Å²) in [4.78, 5) is 35.7. The molecule has 1 unspecified atom stereocenters. The first-order chi connectivity index (χ1) is 16.9. The lowest BCUT2D eigenvalue weighted by atomic mass is 9.96. The van der Waals surface area contributed by atoms with Crippen LogP contribution < -0.4 is 10.6 Å². The predicted molar refractivity (Wildman–Crippen MR) is 135 cm³/mol. The van der Waals surface area contributed by atoms with Crippen molar-refractivity contribution < 1.29 is 24.2 Å². The van der Waals surface area contributed by atoms with E-state index >= 15 is 0 Å². The molecule has 2 amide bonds. The summed E-state index contributed by atoms with van der Waals surface area (Å²) >= 11 is 0. The van der Waals surface area contributed by atoms with Gasteiger partial charge < -0.3 is 20.5 Å². The number of hydrogen-bond donors (Lipinski definition) is 3. The number of fused-ring (bicyclic) bond motifs is 3. The van der Waals surface area contributed by atoms with Crippen molar-refractivity contribution in [1.29, 1.82) is 0 Å². The van der Waals surface area contributed by atoms with Gasteiger partial charge in [-0.25, -0.2) is 9.59 Å². The molecule has 0 saturated carbocycles. The summed E-state index contributed by atoms with van der Waals surface area (Å²) in [6, 6.07) is 15.6. The molecular weight excluding hydrogens is 444 g/mol. The van der Waals surface area contributed by atoms with E-state index < -0.39 is 18.1 Å². The van der Waals surface area contributed by atoms with Crippen LogP contribution in [-0.4, -0.2) is 42.3 Å². The maximum Gasteiger partial charge on any atom is 0.407 e. The number of hydrogen-bond acceptors (Lipinski definition) is 4. The monoisotopic (exact) mass is 480 g/mol. The van der Waals surface area contributed by atoms with Crippen LogP contribution in [0, 0.1) is 5.92 Å². The lowest BCUT2D eigenvalue weighted by molar-refractivity contribution is -0.142. The van der Waals surface area contributed by atoms with Gasteiger partial charge in [-0.05, 0) is 47.4 Å². The number of amides is 2. The highest BCUT2D eigenvalue weighted by molar-refractivity contribution is 5.83. The number of carboxylic acids is 1. The fourth-order valence-corrected chi connectivity index (χ4v) is 4.73. The summed E-state index contributed by atoms with van der Waals surface area (Å²) in [7, 11) is 0. The van der Waals surface area contributed by atoms with E-state index in [1.165, 1.54) is 22.3 Å². The number of carbonyl (C=O) groups excluding carboxylic acids is 2. The molecule has 0 saturated heterocycles. The summed E-state index contributed by atoms with van der Waals surface area (Å²) in [6.45, 7) is 4.68. The number of nitrogens with one attached hydrogen (secondary N) is 2. The molecule has 3 rings (SSSR count). The Morgan fingerprint density at radius 3 is 2.14 bits per heavy atom. The van der Waals surface area contributed by atoms with E-state index in [9.17, 15) is 19.5 Å². The molecular formula is C28H36N2O5. The number of rotatable bonds is 13. The zero-order valence-corrected chi connectivity index (χ0v) is 20.6. The zero-order valence-electron chi connectivity index (χ0n) is 20.6. The quantitative estimate of drug-likeness (QED) is 0.370. The van der Waals surface area contributed by atoms with Crippen molar-refractivity contribution in [2.24, 2.45) is 5.92 Å². The number of aliphatic carboxylic acids is 1. The Morgan fingerprint density at radius 2 is 1.57 bits per heavy atom. The Kier molecular flexibility index (Phi) is 9.70. The largest absolute Gasteiger partial charge is 0.480 e. The molecule has 2 aromatic rings. The first-order valence-electron chi connectivity index (χ1n) is 12.6. The minimum Gasteiger partial charge on any atom is -0.480 e. The van der Waals surface area contributed by atoms with Crippen molar-refractivity contribution in [1.82, 2.24) is 10.6 Å². The van der Waals surface area contributed by atoms with Gasteiger partial charge in [0.1, 0.15) is 12.6 Å². The van der Waals surface area contributed by atoms with Crippen LogP contribution in [0.1, 0.15) is 69.4 Å². The zero-order chi connectivity index (χ0) is 25.2. The Bertz CT molecular complexity index is 976. The lowest BCUT2D eigenvalue weighted by Gasteiger charge is -2.18. The summed E-state index contributed by atoms with van der Waals surface area (Å²) < 4.78 is 5.57. The van der Waals surface area contributed by atoms with E-state index in [2.05, 4.69) is 34.9 Å². The van der Waals surface area contributed by atoms with Crippen LogP contribution in [0.25, 0.3) is 11.1 Å². The summed E-state index contributed by atoms with van der Waals surface area (Å²) in [5.41, 5.74) is 4.73. The molecule has 7 nitrogen and oxygen atoms in total. The van der Waals surface area contributed by atoms with Gasteiger partial charge in [0.2, 0.25) is 5.91 Å². The fourth-order valence-electron chi connectivity index (χ4n) is 4.73. The molecule has 0 spiro atoms. The molecule has 0 radical (unpaired) electrons. The highest BCUT2D eigenvalue weighted by Gasteiger charge is 2.29. The normalized spacial score (nSPS) is 13.9. The van der Waals surface area contributed by atoms with Crippen LogP contribution in [0.2, 0.25) is 0 Å². The maximum absolute atomic E-state index is 12.4. The van der Waals surface area contributed by atoms with Gasteiger partial charge in [-0.1, -0.05) is 75.2 Å². The van der Waals surface area contributed by atoms with E-state index in [1.54, 1.807) is 0 Å². The second-order valence-electron chi connectivity index (χ2n) is 9.10. The van der Waals surface area contributed by atoms with Crippen LogP contribution in [0.15, 0.2) is 48.5 Å². The molecule has 2 atom stereocenters. The molecule has 1 aliphatic carbocycles. The lowest BCUT2D eigenvalue weighted by Crippen LogP contribution is -2.40. The third kappa shape index (κ3) is 7.07. The van der Waals surface area contributed by atoms with E-state index in [1.807, 2.05) is 38.1 Å². The number of ether oxygens (including phenoxy) is 1. The van der Waals surface area contributed by atoms with Crippen LogP contribution in [-0.2, 0) is 14.3 Å². The van der Waals surface area contributed by atoms with Crippen molar-refractivity contribution in [3.8, 4) is 11.1 Å². The molecule has 2 aromatic carbocycles. The van der Waals surface area contributed by atoms with Crippen LogP contribution in [0.5, 0.6) is 0 Å². The van der Waals surface area contributed by atoms with E-state index in [4.69, 9.17) is 4.74 Å². The SMILES string of the molecule is CCC[C@H](NC(=O)CCC(CC)CCNC(=O)OCC1c2ccccc2-c2ccccc21)C(=O)O. The summed E-state index contributed by atoms with van der Waals surface area (Å²) in [5.74, 6) is -0.963. The second-order valence-corrected chi connectivity index (χ2v) is 9.10. The Labute approximate surface area is 207 Å². The van der Waals surface area contributed by atoms with Crippen LogP contribution in [0.4, 0.5) is 4.79 Å². The van der Waals surface area contributed by atoms with Crippen molar-refractivity contribution in [2.75, 3.05) is 13.2 Å². The third-order valence-corrected chi connectivity index (χ3v) is 6.73. The molecule has 35 heavy (non-hydrogen) atoms. The van der Waals surface area contributed by atoms with Gasteiger partial charge in [-0.3, -0.25) is 4.79 Å². The topological polar surface area (TPSA) is 105 Å². The first-order valence-corrected chi connectivity index (χ1v) is 12.6. The highest BCUT2D eigenvalue weighted by atomic mass is 16.5.